The summed E-state index contributed by atoms with van der Waals surface area (Å²) in [5.74, 6) is 0. The van der Waals surface area contributed by atoms with E-state index < -0.39 is 15.4 Å². The fourth-order valence-electron chi connectivity index (χ4n) is 3.53. The van der Waals surface area contributed by atoms with Crippen molar-refractivity contribution in [3.8, 4) is 0 Å². The van der Waals surface area contributed by atoms with Crippen LogP contribution in [0.25, 0.3) is 0 Å². The van der Waals surface area contributed by atoms with Crippen LogP contribution >= 0.6 is 0 Å². The summed E-state index contributed by atoms with van der Waals surface area (Å²) in [5, 5.41) is 9.09. The summed E-state index contributed by atoms with van der Waals surface area (Å²) in [7, 11) is -3.95. The van der Waals surface area contributed by atoms with Crippen molar-refractivity contribution in [1.82, 2.24) is 0 Å². The van der Waals surface area contributed by atoms with E-state index in [4.69, 9.17) is 0 Å². The lowest BCUT2D eigenvalue weighted by Gasteiger charge is -2.14. The lowest BCUT2D eigenvalue weighted by molar-refractivity contribution is 0.150. The Balaban J connectivity index is 3.76. The maximum absolute atomic E-state index is 11.6. The van der Waals surface area contributed by atoms with Crippen LogP contribution in [0.4, 0.5) is 0 Å². The first kappa shape index (κ1) is 25.9. The third-order valence-corrected chi connectivity index (χ3v) is 6.55. The molecule has 26 heavy (non-hydrogen) atoms. The van der Waals surface area contributed by atoms with Gasteiger partial charge in [0.15, 0.2) is 0 Å². The monoisotopic (exact) mass is 392 g/mol. The van der Waals surface area contributed by atoms with Gasteiger partial charge in [-0.1, -0.05) is 97.3 Å². The average molecular weight is 393 g/mol. The van der Waals surface area contributed by atoms with E-state index in [1.165, 1.54) is 44.9 Å². The zero-order valence-electron chi connectivity index (χ0n) is 17.3. The van der Waals surface area contributed by atoms with E-state index in [9.17, 15) is 18.1 Å². The Morgan fingerprint density at radius 1 is 0.615 bits per heavy atom. The highest BCUT2D eigenvalue weighted by atomic mass is 32.2. The molecule has 0 saturated heterocycles. The van der Waals surface area contributed by atoms with Crippen LogP contribution in [0.2, 0.25) is 0 Å². The van der Waals surface area contributed by atoms with Crippen molar-refractivity contribution >= 4 is 10.1 Å². The standard InChI is InChI=1S/C21H44O4S/c1-3-5-6-7-8-9-10-11-12-13-18-21(26(23,24)25)19-15-14-17-20(22)16-4-2/h20-22H,3-19H2,1-2H3,(H,23,24,25). The zero-order valence-corrected chi connectivity index (χ0v) is 18.1. The predicted octanol–water partition coefficient (Wildman–Crippen LogP) is 6.28. The number of aliphatic hydroxyl groups is 1. The number of hydrogen-bond acceptors (Lipinski definition) is 3. The molecule has 0 amide bonds. The van der Waals surface area contributed by atoms with E-state index in [-0.39, 0.29) is 6.10 Å². The molecular formula is C21H44O4S. The SMILES string of the molecule is CCCCCCCCCCCCC(CCCCC(O)CCC)S(=O)(=O)O. The van der Waals surface area contributed by atoms with Crippen molar-refractivity contribution < 1.29 is 18.1 Å². The lowest BCUT2D eigenvalue weighted by atomic mass is 10.0. The van der Waals surface area contributed by atoms with Gasteiger partial charge in [0.2, 0.25) is 0 Å². The van der Waals surface area contributed by atoms with E-state index in [0.717, 1.165) is 51.4 Å². The fourth-order valence-corrected chi connectivity index (χ4v) is 4.46. The number of unbranched alkanes of at least 4 members (excludes halogenated alkanes) is 10. The number of aliphatic hydroxyl groups excluding tert-OH is 1. The second-order valence-electron chi connectivity index (χ2n) is 7.83. The van der Waals surface area contributed by atoms with E-state index in [1.54, 1.807) is 0 Å². The van der Waals surface area contributed by atoms with Crippen LogP contribution < -0.4 is 0 Å². The Morgan fingerprint density at radius 3 is 1.50 bits per heavy atom. The largest absolute Gasteiger partial charge is 0.393 e. The van der Waals surface area contributed by atoms with Gasteiger partial charge in [-0.05, 0) is 25.7 Å². The molecule has 0 rings (SSSR count). The highest BCUT2D eigenvalue weighted by molar-refractivity contribution is 7.86. The molecule has 5 heteroatoms. The summed E-state index contributed by atoms with van der Waals surface area (Å²) in [6.45, 7) is 4.28. The van der Waals surface area contributed by atoms with Crippen molar-refractivity contribution in [2.45, 2.75) is 134 Å². The van der Waals surface area contributed by atoms with Crippen molar-refractivity contribution in [2.75, 3.05) is 0 Å². The second-order valence-corrected chi connectivity index (χ2v) is 9.53. The molecule has 0 heterocycles. The summed E-state index contributed by atoms with van der Waals surface area (Å²) >= 11 is 0. The van der Waals surface area contributed by atoms with E-state index >= 15 is 0 Å². The molecule has 2 unspecified atom stereocenters. The molecule has 0 bridgehead atoms. The van der Waals surface area contributed by atoms with Gasteiger partial charge in [0, 0.05) is 0 Å². The van der Waals surface area contributed by atoms with Crippen molar-refractivity contribution in [1.29, 1.82) is 0 Å². The number of rotatable bonds is 19. The molecule has 158 valence electrons. The van der Waals surface area contributed by atoms with Crippen LogP contribution in [0.3, 0.4) is 0 Å². The maximum atomic E-state index is 11.6. The van der Waals surface area contributed by atoms with E-state index in [1.807, 2.05) is 6.92 Å². The molecule has 2 N–H and O–H groups in total. The molecule has 0 aliphatic carbocycles. The van der Waals surface area contributed by atoms with E-state index in [2.05, 4.69) is 6.92 Å². The van der Waals surface area contributed by atoms with Gasteiger partial charge in [0.25, 0.3) is 10.1 Å². The van der Waals surface area contributed by atoms with Gasteiger partial charge in [0.1, 0.15) is 0 Å². The molecule has 0 aromatic heterocycles. The summed E-state index contributed by atoms with van der Waals surface area (Å²) in [6, 6.07) is 0. The normalized spacial score (nSPS) is 14.5. The highest BCUT2D eigenvalue weighted by Crippen LogP contribution is 2.19. The Labute approximate surface area is 162 Å². The Morgan fingerprint density at radius 2 is 1.04 bits per heavy atom. The third kappa shape index (κ3) is 16.1. The molecule has 0 fully saturated rings. The first-order chi connectivity index (χ1) is 12.4. The second kappa shape index (κ2) is 17.0. The van der Waals surface area contributed by atoms with Gasteiger partial charge in [0.05, 0.1) is 11.4 Å². The molecule has 2 atom stereocenters. The Hall–Kier alpha value is -0.130. The molecule has 0 aliphatic heterocycles. The smallest absolute Gasteiger partial charge is 0.267 e. The van der Waals surface area contributed by atoms with Crippen LogP contribution in [0.1, 0.15) is 123 Å². The first-order valence-electron chi connectivity index (χ1n) is 11.1. The lowest BCUT2D eigenvalue weighted by Crippen LogP contribution is -2.20. The van der Waals surface area contributed by atoms with Crippen molar-refractivity contribution in [3.63, 3.8) is 0 Å². The summed E-state index contributed by atoms with van der Waals surface area (Å²) in [5.41, 5.74) is 0. The quantitative estimate of drug-likeness (QED) is 0.200. The highest BCUT2D eigenvalue weighted by Gasteiger charge is 2.22. The minimum absolute atomic E-state index is 0.272. The van der Waals surface area contributed by atoms with E-state index in [0.29, 0.717) is 12.8 Å². The zero-order chi connectivity index (χ0) is 19.7. The summed E-state index contributed by atoms with van der Waals surface area (Å²) in [6.07, 6.45) is 17.1. The first-order valence-corrected chi connectivity index (χ1v) is 12.6. The molecule has 0 aliphatic rings. The summed E-state index contributed by atoms with van der Waals surface area (Å²) in [4.78, 5) is 0. The van der Waals surface area contributed by atoms with Gasteiger partial charge in [-0.15, -0.1) is 0 Å². The van der Waals surface area contributed by atoms with Gasteiger partial charge < -0.3 is 5.11 Å². The molecular weight excluding hydrogens is 348 g/mol. The minimum atomic E-state index is -3.95. The molecule has 0 aromatic carbocycles. The molecule has 4 nitrogen and oxygen atoms in total. The van der Waals surface area contributed by atoms with Crippen LogP contribution in [0.5, 0.6) is 0 Å². The van der Waals surface area contributed by atoms with Gasteiger partial charge in [-0.3, -0.25) is 4.55 Å². The summed E-state index contributed by atoms with van der Waals surface area (Å²) < 4.78 is 32.6. The topological polar surface area (TPSA) is 74.6 Å². The van der Waals surface area contributed by atoms with Crippen molar-refractivity contribution in [3.05, 3.63) is 0 Å². The predicted molar refractivity (Wildman–Crippen MR) is 111 cm³/mol. The molecule has 0 spiro atoms. The van der Waals surface area contributed by atoms with Crippen molar-refractivity contribution in [2.24, 2.45) is 0 Å². The average Bonchev–Trinajstić information content (AvgIpc) is 2.57. The minimum Gasteiger partial charge on any atom is -0.393 e. The van der Waals surface area contributed by atoms with Crippen LogP contribution in [-0.2, 0) is 10.1 Å². The third-order valence-electron chi connectivity index (χ3n) is 5.24. The van der Waals surface area contributed by atoms with Gasteiger partial charge >= 0.3 is 0 Å². The Kier molecular flexibility index (Phi) is 16.9. The maximum Gasteiger partial charge on any atom is 0.267 e. The van der Waals surface area contributed by atoms with Gasteiger partial charge in [-0.25, -0.2) is 0 Å². The van der Waals surface area contributed by atoms with Gasteiger partial charge in [-0.2, -0.15) is 8.42 Å². The Bertz CT molecular complexity index is 395. The van der Waals surface area contributed by atoms with Crippen LogP contribution in [0.15, 0.2) is 0 Å². The molecule has 0 aromatic rings. The molecule has 0 radical (unpaired) electrons. The van der Waals surface area contributed by atoms with Crippen LogP contribution in [-0.4, -0.2) is 29.4 Å². The van der Waals surface area contributed by atoms with Crippen LogP contribution in [0, 0.1) is 0 Å². The fraction of sp³-hybridized carbons (Fsp3) is 1.00. The molecule has 0 saturated carbocycles. The number of hydrogen-bond donors (Lipinski definition) is 2.